The van der Waals surface area contributed by atoms with Crippen LogP contribution in [0.5, 0.6) is 5.75 Å². The van der Waals surface area contributed by atoms with E-state index in [2.05, 4.69) is 10.6 Å². The number of amides is 2. The Kier molecular flexibility index (Phi) is 8.00. The van der Waals surface area contributed by atoms with Gasteiger partial charge in [0.2, 0.25) is 0 Å². The highest BCUT2D eigenvalue weighted by Gasteiger charge is 2.14. The lowest BCUT2D eigenvalue weighted by molar-refractivity contribution is -0.146. The molecule has 0 fully saturated rings. The minimum absolute atomic E-state index is 0.192. The topological polar surface area (TPSA) is 118 Å². The zero-order valence-corrected chi connectivity index (χ0v) is 16.3. The van der Waals surface area contributed by atoms with Crippen molar-refractivity contribution in [3.63, 3.8) is 0 Å². The second kappa shape index (κ2) is 10.7. The molecule has 2 rings (SSSR count). The van der Waals surface area contributed by atoms with E-state index in [-0.39, 0.29) is 16.1 Å². The molecule has 150 valence electrons. The van der Waals surface area contributed by atoms with Gasteiger partial charge in [-0.15, -0.1) is 0 Å². The maximum atomic E-state index is 12.2. The summed E-state index contributed by atoms with van der Waals surface area (Å²) in [5.74, 6) is -1.46. The van der Waals surface area contributed by atoms with Gasteiger partial charge < -0.3 is 20.1 Å². The van der Waals surface area contributed by atoms with Gasteiger partial charge in [-0.3, -0.25) is 14.4 Å². The molecule has 9 heteroatoms. The van der Waals surface area contributed by atoms with E-state index in [1.807, 2.05) is 6.07 Å². The third-order valence-electron chi connectivity index (χ3n) is 3.56. The SMILES string of the molecule is CCOc1ccccc1C(=O)NCC(=O)OCC(=O)Nc1ccc(C#N)c(Cl)c1. The molecule has 0 radical (unpaired) electrons. The van der Waals surface area contributed by atoms with Crippen molar-refractivity contribution in [2.45, 2.75) is 6.92 Å². The summed E-state index contributed by atoms with van der Waals surface area (Å²) in [6.45, 7) is 1.24. The summed E-state index contributed by atoms with van der Waals surface area (Å²) in [6.07, 6.45) is 0. The van der Waals surface area contributed by atoms with Crippen LogP contribution in [-0.2, 0) is 14.3 Å². The van der Waals surface area contributed by atoms with Crippen molar-refractivity contribution in [3.05, 3.63) is 58.6 Å². The summed E-state index contributed by atoms with van der Waals surface area (Å²) in [5.41, 5.74) is 0.922. The zero-order chi connectivity index (χ0) is 21.2. The first-order valence-corrected chi connectivity index (χ1v) is 8.97. The number of carbonyl (C=O) groups is 3. The number of ether oxygens (including phenoxy) is 2. The Labute approximate surface area is 172 Å². The van der Waals surface area contributed by atoms with Gasteiger partial charge in [-0.25, -0.2) is 0 Å². The molecule has 0 bridgehead atoms. The van der Waals surface area contributed by atoms with Crippen LogP contribution in [0.2, 0.25) is 5.02 Å². The maximum Gasteiger partial charge on any atom is 0.325 e. The van der Waals surface area contributed by atoms with Crippen LogP contribution in [0.3, 0.4) is 0 Å². The Hall–Kier alpha value is -3.57. The van der Waals surface area contributed by atoms with Gasteiger partial charge in [0.15, 0.2) is 6.61 Å². The van der Waals surface area contributed by atoms with Gasteiger partial charge in [-0.1, -0.05) is 23.7 Å². The number of rotatable bonds is 8. The Bertz CT molecular complexity index is 955. The summed E-state index contributed by atoms with van der Waals surface area (Å²) < 4.78 is 10.2. The number of para-hydroxylation sites is 1. The van der Waals surface area contributed by atoms with Crippen LogP contribution in [0.15, 0.2) is 42.5 Å². The van der Waals surface area contributed by atoms with Crippen molar-refractivity contribution in [3.8, 4) is 11.8 Å². The molecule has 2 N–H and O–H groups in total. The number of hydrogen-bond donors (Lipinski definition) is 2. The number of benzene rings is 2. The molecule has 0 atom stereocenters. The fraction of sp³-hybridized carbons (Fsp3) is 0.200. The average Bonchev–Trinajstić information content (AvgIpc) is 2.71. The number of halogens is 1. The molecule has 0 aromatic heterocycles. The fourth-order valence-electron chi connectivity index (χ4n) is 2.26. The summed E-state index contributed by atoms with van der Waals surface area (Å²) >= 11 is 5.88. The second-order valence-corrected chi connectivity index (χ2v) is 6.03. The van der Waals surface area contributed by atoms with Gasteiger partial charge in [-0.2, -0.15) is 5.26 Å². The Morgan fingerprint density at radius 1 is 1.17 bits per heavy atom. The van der Waals surface area contributed by atoms with Crippen LogP contribution in [0.25, 0.3) is 0 Å². The lowest BCUT2D eigenvalue weighted by Gasteiger charge is -2.10. The van der Waals surface area contributed by atoms with Crippen molar-refractivity contribution in [2.75, 3.05) is 25.1 Å². The van der Waals surface area contributed by atoms with Crippen LogP contribution in [0, 0.1) is 11.3 Å². The molecule has 0 heterocycles. The maximum absolute atomic E-state index is 12.2. The minimum Gasteiger partial charge on any atom is -0.493 e. The highest BCUT2D eigenvalue weighted by atomic mass is 35.5. The van der Waals surface area contributed by atoms with Gasteiger partial charge in [0.25, 0.3) is 11.8 Å². The number of carbonyl (C=O) groups excluding carboxylic acids is 3. The molecule has 0 saturated carbocycles. The summed E-state index contributed by atoms with van der Waals surface area (Å²) in [6, 6.07) is 12.9. The molecule has 0 aliphatic heterocycles. The average molecular weight is 416 g/mol. The van der Waals surface area contributed by atoms with E-state index in [1.165, 1.54) is 18.2 Å². The number of nitrogens with zero attached hydrogens (tertiary/aromatic N) is 1. The molecule has 0 saturated heterocycles. The number of anilines is 1. The van der Waals surface area contributed by atoms with E-state index >= 15 is 0 Å². The van der Waals surface area contributed by atoms with Crippen LogP contribution in [-0.4, -0.2) is 37.5 Å². The Morgan fingerprint density at radius 2 is 1.93 bits per heavy atom. The normalized spacial score (nSPS) is 9.83. The lowest BCUT2D eigenvalue weighted by Crippen LogP contribution is -2.32. The molecular weight excluding hydrogens is 398 g/mol. The quantitative estimate of drug-likeness (QED) is 0.639. The highest BCUT2D eigenvalue weighted by Crippen LogP contribution is 2.20. The molecule has 2 amide bonds. The van der Waals surface area contributed by atoms with Gasteiger partial charge in [0, 0.05) is 5.69 Å². The Morgan fingerprint density at radius 3 is 2.62 bits per heavy atom. The van der Waals surface area contributed by atoms with Gasteiger partial charge in [-0.05, 0) is 37.3 Å². The van der Waals surface area contributed by atoms with Crippen molar-refractivity contribution < 1.29 is 23.9 Å². The fourth-order valence-corrected chi connectivity index (χ4v) is 2.48. The molecular formula is C20H18ClN3O5. The first-order chi connectivity index (χ1) is 13.9. The minimum atomic E-state index is -0.778. The molecule has 0 unspecified atom stereocenters. The predicted molar refractivity (Wildman–Crippen MR) is 106 cm³/mol. The molecule has 0 spiro atoms. The molecule has 29 heavy (non-hydrogen) atoms. The molecule has 2 aromatic carbocycles. The van der Waals surface area contributed by atoms with Crippen LogP contribution in [0.4, 0.5) is 5.69 Å². The first-order valence-electron chi connectivity index (χ1n) is 8.59. The second-order valence-electron chi connectivity index (χ2n) is 5.63. The number of esters is 1. The predicted octanol–water partition coefficient (Wildman–Crippen LogP) is 2.52. The Balaban J connectivity index is 1.79. The molecule has 0 aliphatic rings. The van der Waals surface area contributed by atoms with Gasteiger partial charge >= 0.3 is 5.97 Å². The van der Waals surface area contributed by atoms with Gasteiger partial charge in [0.05, 0.1) is 22.8 Å². The zero-order valence-electron chi connectivity index (χ0n) is 15.5. The summed E-state index contributed by atoms with van der Waals surface area (Å²) in [5, 5.41) is 13.9. The molecule has 2 aromatic rings. The van der Waals surface area contributed by atoms with Crippen LogP contribution < -0.4 is 15.4 Å². The van der Waals surface area contributed by atoms with Crippen molar-refractivity contribution in [2.24, 2.45) is 0 Å². The van der Waals surface area contributed by atoms with Crippen molar-refractivity contribution in [1.82, 2.24) is 5.32 Å². The molecule has 0 aliphatic carbocycles. The third-order valence-corrected chi connectivity index (χ3v) is 3.88. The van der Waals surface area contributed by atoms with Crippen LogP contribution in [0.1, 0.15) is 22.8 Å². The van der Waals surface area contributed by atoms with E-state index in [0.717, 1.165) is 0 Å². The molecule has 8 nitrogen and oxygen atoms in total. The number of nitriles is 1. The monoisotopic (exact) mass is 415 g/mol. The first kappa shape index (κ1) is 21.7. The van der Waals surface area contributed by atoms with E-state index in [9.17, 15) is 14.4 Å². The number of hydrogen-bond acceptors (Lipinski definition) is 6. The van der Waals surface area contributed by atoms with E-state index in [0.29, 0.717) is 18.0 Å². The van der Waals surface area contributed by atoms with Crippen molar-refractivity contribution >= 4 is 35.1 Å². The summed E-state index contributed by atoms with van der Waals surface area (Å²) in [7, 11) is 0. The van der Waals surface area contributed by atoms with Crippen LogP contribution >= 0.6 is 11.6 Å². The van der Waals surface area contributed by atoms with E-state index < -0.39 is 30.9 Å². The smallest absolute Gasteiger partial charge is 0.325 e. The highest BCUT2D eigenvalue weighted by molar-refractivity contribution is 6.32. The standard InChI is InChI=1S/C20H18ClN3O5/c1-2-28-17-6-4-3-5-15(17)20(27)23-11-19(26)29-12-18(25)24-14-8-7-13(10-22)16(21)9-14/h3-9H,2,11-12H2,1H3,(H,23,27)(H,24,25). The van der Waals surface area contributed by atoms with E-state index in [1.54, 1.807) is 31.2 Å². The van der Waals surface area contributed by atoms with E-state index in [4.69, 9.17) is 26.3 Å². The van der Waals surface area contributed by atoms with Crippen molar-refractivity contribution in [1.29, 1.82) is 5.26 Å². The largest absolute Gasteiger partial charge is 0.493 e. The number of nitrogens with one attached hydrogen (secondary N) is 2. The third kappa shape index (κ3) is 6.52. The lowest BCUT2D eigenvalue weighted by atomic mass is 10.2. The van der Waals surface area contributed by atoms with Gasteiger partial charge in [0.1, 0.15) is 18.4 Å². The summed E-state index contributed by atoms with van der Waals surface area (Å²) in [4.78, 5) is 35.8.